The molecule has 3 N–H and O–H groups in total. The SMILES string of the molecule is COC(=O)C(Cc1ccccc1)NC(=O)NCc1ccc(C2OC(CSc3nnc(C)s3)C(C)C(c3ccc(CO)cc3)O2)cc1. The van der Waals surface area contributed by atoms with E-state index in [1.165, 1.54) is 7.11 Å². The number of esters is 1. The van der Waals surface area contributed by atoms with Gasteiger partial charge in [0.15, 0.2) is 10.6 Å². The minimum absolute atomic E-state index is 0.0178. The number of ether oxygens (including phenoxy) is 3. The normalized spacial score (nSPS) is 20.1. The van der Waals surface area contributed by atoms with Crippen LogP contribution in [-0.2, 0) is 38.6 Å². The van der Waals surface area contributed by atoms with Crippen molar-refractivity contribution in [3.8, 4) is 0 Å². The van der Waals surface area contributed by atoms with E-state index in [0.717, 1.165) is 37.2 Å². The molecular weight excluding hydrogens is 625 g/mol. The highest BCUT2D eigenvalue weighted by Gasteiger charge is 2.38. The van der Waals surface area contributed by atoms with Crippen molar-refractivity contribution in [3.05, 3.63) is 112 Å². The Hall–Kier alpha value is -3.81. The summed E-state index contributed by atoms with van der Waals surface area (Å²) in [5, 5.41) is 24.4. The van der Waals surface area contributed by atoms with E-state index in [9.17, 15) is 14.7 Å². The van der Waals surface area contributed by atoms with Crippen molar-refractivity contribution in [2.45, 2.75) is 62.3 Å². The van der Waals surface area contributed by atoms with Gasteiger partial charge in [0.2, 0.25) is 0 Å². The lowest BCUT2D eigenvalue weighted by Crippen LogP contribution is -2.47. The number of amides is 2. The molecule has 10 nitrogen and oxygen atoms in total. The third-order valence-electron chi connectivity index (χ3n) is 7.78. The maximum absolute atomic E-state index is 12.7. The second-order valence-corrected chi connectivity index (χ2v) is 13.5. The number of carbonyl (C=O) groups excluding carboxylic acids is 2. The molecule has 46 heavy (non-hydrogen) atoms. The van der Waals surface area contributed by atoms with E-state index in [4.69, 9.17) is 14.2 Å². The number of nitrogens with zero attached hydrogens (tertiary/aromatic N) is 2. The lowest BCUT2D eigenvalue weighted by Gasteiger charge is -2.41. The van der Waals surface area contributed by atoms with Crippen LogP contribution in [0.15, 0.2) is 83.2 Å². The first kappa shape index (κ1) is 33.6. The van der Waals surface area contributed by atoms with Gasteiger partial charge in [-0.1, -0.05) is 109 Å². The fraction of sp³-hybridized carbons (Fsp3) is 0.353. The molecule has 1 saturated heterocycles. The van der Waals surface area contributed by atoms with Crippen LogP contribution in [0.25, 0.3) is 0 Å². The standard InChI is InChI=1S/C34H38N4O6S2/c1-21-29(20-45-34-38-37-22(2)46-34)43-32(44-30(21)26-13-11-25(19-39)12-14-26)27-15-9-24(10-16-27)18-35-33(41)36-28(31(40)42-3)17-23-7-5-4-6-8-23/h4-16,21,28-30,32,39H,17-20H2,1-3H3,(H2,35,36,41). The maximum Gasteiger partial charge on any atom is 0.328 e. The highest BCUT2D eigenvalue weighted by Crippen LogP contribution is 2.43. The molecule has 0 spiro atoms. The van der Waals surface area contributed by atoms with Gasteiger partial charge in [0.05, 0.1) is 25.9 Å². The molecule has 0 radical (unpaired) electrons. The van der Waals surface area contributed by atoms with Crippen LogP contribution in [0.5, 0.6) is 0 Å². The average molecular weight is 663 g/mol. The molecule has 2 amide bonds. The van der Waals surface area contributed by atoms with Crippen LogP contribution in [-0.4, -0.2) is 52.3 Å². The van der Waals surface area contributed by atoms with Crippen LogP contribution in [0.4, 0.5) is 4.79 Å². The minimum Gasteiger partial charge on any atom is -0.467 e. The van der Waals surface area contributed by atoms with E-state index >= 15 is 0 Å². The van der Waals surface area contributed by atoms with Crippen molar-refractivity contribution in [1.82, 2.24) is 20.8 Å². The van der Waals surface area contributed by atoms with Crippen LogP contribution < -0.4 is 10.6 Å². The Kier molecular flexibility index (Phi) is 11.8. The number of thioether (sulfide) groups is 1. The number of urea groups is 1. The Morgan fingerprint density at radius 2 is 1.65 bits per heavy atom. The Labute approximate surface area is 276 Å². The summed E-state index contributed by atoms with van der Waals surface area (Å²) < 4.78 is 18.9. The quantitative estimate of drug-likeness (QED) is 0.133. The van der Waals surface area contributed by atoms with Crippen molar-refractivity contribution in [3.63, 3.8) is 0 Å². The Balaban J connectivity index is 1.23. The van der Waals surface area contributed by atoms with Gasteiger partial charge in [-0.3, -0.25) is 0 Å². The van der Waals surface area contributed by atoms with Gasteiger partial charge in [0, 0.05) is 30.2 Å². The molecule has 1 aromatic heterocycles. The first-order valence-corrected chi connectivity index (χ1v) is 16.8. The molecule has 1 aliphatic heterocycles. The number of hydrogen-bond acceptors (Lipinski definition) is 10. The first-order valence-electron chi connectivity index (χ1n) is 15.0. The number of aromatic nitrogens is 2. The molecule has 2 heterocycles. The van der Waals surface area contributed by atoms with Gasteiger partial charge in [-0.15, -0.1) is 10.2 Å². The third kappa shape index (κ3) is 8.92. The van der Waals surface area contributed by atoms with E-state index < -0.39 is 24.3 Å². The molecule has 1 aliphatic rings. The molecule has 0 aliphatic carbocycles. The van der Waals surface area contributed by atoms with Crippen LogP contribution in [0.2, 0.25) is 0 Å². The average Bonchev–Trinajstić information content (AvgIpc) is 3.51. The van der Waals surface area contributed by atoms with Gasteiger partial charge in [0.25, 0.3) is 0 Å². The van der Waals surface area contributed by atoms with Crippen molar-refractivity contribution in [2.24, 2.45) is 5.92 Å². The number of aliphatic hydroxyl groups excluding tert-OH is 1. The number of nitrogens with one attached hydrogen (secondary N) is 2. The van der Waals surface area contributed by atoms with Crippen molar-refractivity contribution >= 4 is 35.1 Å². The number of carbonyl (C=O) groups is 2. The minimum atomic E-state index is -0.812. The molecule has 5 unspecified atom stereocenters. The second kappa shape index (κ2) is 16.1. The molecule has 5 rings (SSSR count). The van der Waals surface area contributed by atoms with Gasteiger partial charge < -0.3 is 30.0 Å². The van der Waals surface area contributed by atoms with Gasteiger partial charge in [-0.25, -0.2) is 9.59 Å². The van der Waals surface area contributed by atoms with Crippen LogP contribution in [0.3, 0.4) is 0 Å². The lowest BCUT2D eigenvalue weighted by molar-refractivity contribution is -0.268. The summed E-state index contributed by atoms with van der Waals surface area (Å²) in [5.74, 6) is 0.229. The van der Waals surface area contributed by atoms with Gasteiger partial charge >= 0.3 is 12.0 Å². The molecule has 242 valence electrons. The highest BCUT2D eigenvalue weighted by molar-refractivity contribution is 8.01. The zero-order valence-electron chi connectivity index (χ0n) is 25.9. The summed E-state index contributed by atoms with van der Waals surface area (Å²) in [6.45, 7) is 4.31. The number of aliphatic hydroxyl groups is 1. The fourth-order valence-corrected chi connectivity index (χ4v) is 7.17. The maximum atomic E-state index is 12.7. The van der Waals surface area contributed by atoms with Crippen LogP contribution in [0.1, 0.15) is 52.1 Å². The van der Waals surface area contributed by atoms with Crippen LogP contribution in [0, 0.1) is 12.8 Å². The van der Waals surface area contributed by atoms with Gasteiger partial charge in [-0.2, -0.15) is 0 Å². The van der Waals surface area contributed by atoms with Crippen LogP contribution >= 0.6 is 23.1 Å². The molecule has 4 aromatic rings. The van der Waals surface area contributed by atoms with E-state index in [2.05, 4.69) is 27.8 Å². The molecule has 3 aromatic carbocycles. The molecule has 0 saturated carbocycles. The summed E-state index contributed by atoms with van der Waals surface area (Å²) in [7, 11) is 1.30. The zero-order chi connectivity index (χ0) is 32.5. The summed E-state index contributed by atoms with van der Waals surface area (Å²) in [6, 6.07) is 23.7. The Bertz CT molecular complexity index is 1570. The molecule has 5 atom stereocenters. The predicted octanol–water partition coefficient (Wildman–Crippen LogP) is 5.51. The molecule has 12 heteroatoms. The smallest absolute Gasteiger partial charge is 0.328 e. The topological polar surface area (TPSA) is 132 Å². The highest BCUT2D eigenvalue weighted by atomic mass is 32.2. The third-order valence-corrected chi connectivity index (χ3v) is 9.84. The summed E-state index contributed by atoms with van der Waals surface area (Å²) in [6.07, 6.45) is -0.636. The number of aryl methyl sites for hydroxylation is 1. The largest absolute Gasteiger partial charge is 0.467 e. The summed E-state index contributed by atoms with van der Waals surface area (Å²) in [5.41, 5.74) is 4.50. The lowest BCUT2D eigenvalue weighted by atomic mass is 9.91. The molecule has 1 fully saturated rings. The molecular formula is C34H38N4O6S2. The second-order valence-electron chi connectivity index (χ2n) is 11.1. The van der Waals surface area contributed by atoms with E-state index in [0.29, 0.717) is 12.2 Å². The fourth-order valence-electron chi connectivity index (χ4n) is 5.17. The Morgan fingerprint density at radius 1 is 0.957 bits per heavy atom. The summed E-state index contributed by atoms with van der Waals surface area (Å²) in [4.78, 5) is 25.0. The number of rotatable bonds is 12. The van der Waals surface area contributed by atoms with Crippen molar-refractivity contribution in [2.75, 3.05) is 12.9 Å². The summed E-state index contributed by atoms with van der Waals surface area (Å²) >= 11 is 3.19. The van der Waals surface area contributed by atoms with Gasteiger partial charge in [-0.05, 0) is 29.2 Å². The van der Waals surface area contributed by atoms with E-state index in [1.807, 2.05) is 85.8 Å². The van der Waals surface area contributed by atoms with E-state index in [1.54, 1.807) is 23.1 Å². The number of benzene rings is 3. The predicted molar refractivity (Wildman–Crippen MR) is 176 cm³/mol. The number of hydrogen-bond donors (Lipinski definition) is 3. The van der Waals surface area contributed by atoms with Gasteiger partial charge in [0.1, 0.15) is 11.0 Å². The van der Waals surface area contributed by atoms with Crippen molar-refractivity contribution < 1.29 is 28.9 Å². The monoisotopic (exact) mass is 662 g/mol. The molecule has 0 bridgehead atoms. The van der Waals surface area contributed by atoms with E-state index in [-0.39, 0.29) is 31.3 Å². The zero-order valence-corrected chi connectivity index (χ0v) is 27.6. The van der Waals surface area contributed by atoms with Crippen molar-refractivity contribution in [1.29, 1.82) is 0 Å². The first-order chi connectivity index (χ1) is 22.3. The number of methoxy groups -OCH3 is 1. The Morgan fingerprint density at radius 3 is 2.30 bits per heavy atom.